The van der Waals surface area contributed by atoms with Crippen LogP contribution in [0.3, 0.4) is 0 Å². The van der Waals surface area contributed by atoms with Crippen LogP contribution < -0.4 is 9.03 Å². The molecule has 1 unspecified atom stereocenters. The predicted molar refractivity (Wildman–Crippen MR) is 113 cm³/mol. The Bertz CT molecular complexity index is 1080. The third-order valence-electron chi connectivity index (χ3n) is 5.21. The summed E-state index contributed by atoms with van der Waals surface area (Å²) in [5.41, 5.74) is -0.170. The van der Waals surface area contributed by atoms with Gasteiger partial charge in [0.05, 0.1) is 29.9 Å². The van der Waals surface area contributed by atoms with Gasteiger partial charge in [-0.15, -0.1) is 0 Å². The summed E-state index contributed by atoms with van der Waals surface area (Å²) in [7, 11) is -0.789. The van der Waals surface area contributed by atoms with Crippen LogP contribution >= 0.6 is 0 Å². The molecule has 2 heterocycles. The Morgan fingerprint density at radius 1 is 1.28 bits per heavy atom. The highest BCUT2D eigenvalue weighted by atomic mass is 32.2. The van der Waals surface area contributed by atoms with Gasteiger partial charge >= 0.3 is 16.4 Å². The van der Waals surface area contributed by atoms with Crippen LogP contribution in [-0.4, -0.2) is 55.2 Å². The first kappa shape index (κ1) is 24.1. The first-order valence-corrected chi connectivity index (χ1v) is 11.5. The van der Waals surface area contributed by atoms with Gasteiger partial charge in [-0.05, 0) is 51.1 Å². The number of amides is 1. The summed E-state index contributed by atoms with van der Waals surface area (Å²) < 4.78 is 70.2. The number of halogens is 3. The van der Waals surface area contributed by atoms with Gasteiger partial charge in [-0.3, -0.25) is 9.48 Å². The molecule has 1 amide bonds. The third kappa shape index (κ3) is 5.80. The second-order valence-corrected chi connectivity index (χ2v) is 9.69. The topological polar surface area (TPSA) is 87.5 Å². The minimum absolute atomic E-state index is 0.0790. The molecule has 1 aliphatic rings. The zero-order valence-corrected chi connectivity index (χ0v) is 18.9. The lowest BCUT2D eigenvalue weighted by atomic mass is 10.0. The van der Waals surface area contributed by atoms with Crippen LogP contribution in [0.1, 0.15) is 29.5 Å². The number of likely N-dealkylation sites (N-methyl/N-ethyl adjacent to an activating group) is 1. The Morgan fingerprint density at radius 2 is 2.00 bits per heavy atom. The maximum Gasteiger partial charge on any atom is 0.416 e. The molecule has 1 atom stereocenters. The number of nitrogens with zero attached hydrogens (tertiary/aromatic N) is 4. The van der Waals surface area contributed by atoms with Crippen molar-refractivity contribution in [3.8, 4) is 0 Å². The number of carbonyl (C=O) groups excluding carboxylic acids is 1. The number of anilines is 1. The van der Waals surface area contributed by atoms with E-state index in [9.17, 15) is 26.4 Å². The smallest absolute Gasteiger partial charge is 0.304 e. The second kappa shape index (κ2) is 9.10. The molecule has 1 N–H and O–H groups in total. The number of hydrogen-bond donors (Lipinski definition) is 1. The minimum atomic E-state index is -4.56. The Labute approximate surface area is 185 Å². The number of benzene rings is 1. The molecule has 1 saturated heterocycles. The summed E-state index contributed by atoms with van der Waals surface area (Å²) >= 11 is 0. The zero-order valence-electron chi connectivity index (χ0n) is 18.1. The Hall–Kier alpha value is -2.60. The van der Waals surface area contributed by atoms with Crippen molar-refractivity contribution >= 4 is 21.8 Å². The molecule has 0 spiro atoms. The van der Waals surface area contributed by atoms with Crippen molar-refractivity contribution in [2.24, 2.45) is 7.05 Å². The summed E-state index contributed by atoms with van der Waals surface area (Å²) in [4.78, 5) is 14.6. The normalized spacial score (nSPS) is 17.9. The van der Waals surface area contributed by atoms with Gasteiger partial charge < -0.3 is 4.90 Å². The fourth-order valence-electron chi connectivity index (χ4n) is 3.94. The average molecular weight is 474 g/mol. The fourth-order valence-corrected chi connectivity index (χ4v) is 5.34. The number of rotatable bonds is 6. The maximum atomic E-state index is 13.2. The number of aryl methyl sites for hydroxylation is 2. The molecule has 1 aromatic carbocycles. The van der Waals surface area contributed by atoms with Crippen molar-refractivity contribution < 1.29 is 26.4 Å². The molecule has 0 aliphatic carbocycles. The van der Waals surface area contributed by atoms with Crippen molar-refractivity contribution in [1.82, 2.24) is 19.4 Å². The Morgan fingerprint density at radius 3 is 2.59 bits per heavy atom. The van der Waals surface area contributed by atoms with E-state index in [1.54, 1.807) is 7.05 Å². The first-order valence-electron chi connectivity index (χ1n) is 10.0. The van der Waals surface area contributed by atoms with Gasteiger partial charge in [0.25, 0.3) is 0 Å². The van der Waals surface area contributed by atoms with E-state index in [1.165, 1.54) is 30.1 Å². The molecule has 1 fully saturated rings. The van der Waals surface area contributed by atoms with E-state index in [1.807, 2.05) is 16.7 Å². The summed E-state index contributed by atoms with van der Waals surface area (Å²) in [6, 6.07) is 2.84. The largest absolute Gasteiger partial charge is 0.416 e. The molecule has 8 nitrogen and oxygen atoms in total. The molecule has 0 bridgehead atoms. The van der Waals surface area contributed by atoms with E-state index >= 15 is 0 Å². The molecule has 0 saturated carbocycles. The van der Waals surface area contributed by atoms with Crippen molar-refractivity contribution in [2.75, 3.05) is 24.4 Å². The predicted octanol–water partition coefficient (Wildman–Crippen LogP) is 2.25. The molecule has 2 aromatic rings. The van der Waals surface area contributed by atoms with Gasteiger partial charge in [-0.1, -0.05) is 11.6 Å². The van der Waals surface area contributed by atoms with Crippen LogP contribution in [0.5, 0.6) is 0 Å². The van der Waals surface area contributed by atoms with Crippen LogP contribution in [0, 0.1) is 6.92 Å². The third-order valence-corrected chi connectivity index (χ3v) is 6.72. The Balaban J connectivity index is 1.83. The molecule has 176 valence electrons. The first-order chi connectivity index (χ1) is 14.8. The van der Waals surface area contributed by atoms with Crippen LogP contribution in [-0.2, 0) is 34.6 Å². The molecule has 32 heavy (non-hydrogen) atoms. The van der Waals surface area contributed by atoms with Crippen LogP contribution in [0.25, 0.3) is 0 Å². The van der Waals surface area contributed by atoms with Gasteiger partial charge in [-0.2, -0.15) is 26.7 Å². The monoisotopic (exact) mass is 473 g/mol. The summed E-state index contributed by atoms with van der Waals surface area (Å²) in [6.45, 7) is 2.78. The molecule has 12 heteroatoms. The standard InChI is InChI=1S/C20H26F3N5O3S/c1-14-7-15(9-16(8-14)20(21,22)23)10-19(29)25-32(30,31)28(18-11-24-27(3)13-18)17-5-4-6-26(2)12-17/h7-9,11,13,17H,4-6,10,12H2,1-3H3,(H,25,29). The van der Waals surface area contributed by atoms with Crippen LogP contribution in [0.4, 0.5) is 18.9 Å². The minimum Gasteiger partial charge on any atom is -0.304 e. The quantitative estimate of drug-likeness (QED) is 0.696. The summed E-state index contributed by atoms with van der Waals surface area (Å²) in [6.07, 6.45) is -0.752. The van der Waals surface area contributed by atoms with Crippen LogP contribution in [0.15, 0.2) is 30.6 Å². The van der Waals surface area contributed by atoms with Crippen molar-refractivity contribution in [3.63, 3.8) is 0 Å². The summed E-state index contributed by atoms with van der Waals surface area (Å²) in [5.74, 6) is -0.915. The number of likely N-dealkylation sites (tertiary alicyclic amines) is 1. The van der Waals surface area contributed by atoms with Gasteiger partial charge in [0.2, 0.25) is 5.91 Å². The SMILES string of the molecule is Cc1cc(CC(=O)NS(=O)(=O)N(c2cnn(C)c2)C2CCCN(C)C2)cc(C(F)(F)F)c1. The van der Waals surface area contributed by atoms with Gasteiger partial charge in [-0.25, -0.2) is 9.03 Å². The lowest BCUT2D eigenvalue weighted by Crippen LogP contribution is -2.54. The lowest BCUT2D eigenvalue weighted by Gasteiger charge is -2.37. The van der Waals surface area contributed by atoms with E-state index in [0.717, 1.165) is 29.4 Å². The van der Waals surface area contributed by atoms with Gasteiger partial charge in [0.1, 0.15) is 0 Å². The number of aromatic nitrogens is 2. The van der Waals surface area contributed by atoms with E-state index < -0.39 is 40.3 Å². The van der Waals surface area contributed by atoms with Crippen molar-refractivity contribution in [2.45, 2.75) is 38.4 Å². The highest BCUT2D eigenvalue weighted by Crippen LogP contribution is 2.31. The lowest BCUT2D eigenvalue weighted by molar-refractivity contribution is -0.137. The molecule has 0 radical (unpaired) electrons. The number of carbonyl (C=O) groups is 1. The molecule has 1 aromatic heterocycles. The molecule has 3 rings (SSSR count). The van der Waals surface area contributed by atoms with Gasteiger partial charge in [0, 0.05) is 19.8 Å². The van der Waals surface area contributed by atoms with E-state index in [0.29, 0.717) is 24.2 Å². The molecular weight excluding hydrogens is 447 g/mol. The highest BCUT2D eigenvalue weighted by molar-refractivity contribution is 7.91. The Kier molecular flexibility index (Phi) is 6.84. The average Bonchev–Trinajstić information content (AvgIpc) is 3.05. The van der Waals surface area contributed by atoms with E-state index in [-0.39, 0.29) is 5.56 Å². The van der Waals surface area contributed by atoms with E-state index in [2.05, 4.69) is 5.10 Å². The number of nitrogens with one attached hydrogen (secondary N) is 1. The summed E-state index contributed by atoms with van der Waals surface area (Å²) in [5, 5.41) is 4.03. The van der Waals surface area contributed by atoms with E-state index in [4.69, 9.17) is 0 Å². The van der Waals surface area contributed by atoms with Crippen LogP contribution in [0.2, 0.25) is 0 Å². The van der Waals surface area contributed by atoms with Crippen molar-refractivity contribution in [1.29, 1.82) is 0 Å². The highest BCUT2D eigenvalue weighted by Gasteiger charge is 2.35. The van der Waals surface area contributed by atoms with Gasteiger partial charge in [0.15, 0.2) is 0 Å². The number of piperidine rings is 1. The molecular formula is C20H26F3N5O3S. The molecule has 1 aliphatic heterocycles. The number of alkyl halides is 3. The fraction of sp³-hybridized carbons (Fsp3) is 0.500. The second-order valence-electron chi connectivity index (χ2n) is 8.14. The van der Waals surface area contributed by atoms with Crippen molar-refractivity contribution in [3.05, 3.63) is 47.3 Å². The maximum absolute atomic E-state index is 13.2. The zero-order chi connectivity index (χ0) is 23.7. The number of hydrogen-bond acceptors (Lipinski definition) is 5.